The van der Waals surface area contributed by atoms with Crippen molar-refractivity contribution in [2.24, 2.45) is 0 Å². The van der Waals surface area contributed by atoms with Crippen LogP contribution in [0.4, 0.5) is 24.8 Å². The van der Waals surface area contributed by atoms with Crippen LogP contribution in [0, 0.1) is 0 Å². The fourth-order valence-corrected chi connectivity index (χ4v) is 1.35. The molecule has 0 radical (unpaired) electrons. The average molecular weight is 243 g/mol. The lowest BCUT2D eigenvalue weighted by atomic mass is 10.1. The molecule has 90 valence electrons. The van der Waals surface area contributed by atoms with Crippen LogP contribution in [-0.2, 0) is 6.18 Å². The molecule has 7 heteroatoms. The molecule has 0 spiro atoms. The van der Waals surface area contributed by atoms with Gasteiger partial charge in [-0.05, 0) is 12.1 Å². The molecule has 1 aromatic carbocycles. The highest BCUT2D eigenvalue weighted by atomic mass is 19.4. The second-order valence-electron chi connectivity index (χ2n) is 3.26. The first-order chi connectivity index (χ1) is 7.98. The molecule has 2 rings (SSSR count). The lowest BCUT2D eigenvalue weighted by molar-refractivity contribution is -0.136. The molecule has 4 nitrogen and oxygen atoms in total. The topological polar surface area (TPSA) is 50.1 Å². The van der Waals surface area contributed by atoms with Crippen LogP contribution in [0.5, 0.6) is 0 Å². The first-order valence-corrected chi connectivity index (χ1v) is 4.64. The van der Waals surface area contributed by atoms with Crippen LogP contribution in [0.1, 0.15) is 5.56 Å². The van der Waals surface area contributed by atoms with Gasteiger partial charge in [-0.2, -0.15) is 17.9 Å². The number of nitrogens with one attached hydrogen (secondary N) is 1. The molecule has 0 aliphatic heterocycles. The van der Waals surface area contributed by atoms with Crippen LogP contribution in [0.15, 0.2) is 36.7 Å². The highest BCUT2D eigenvalue weighted by Crippen LogP contribution is 2.35. The van der Waals surface area contributed by atoms with Crippen LogP contribution in [0.3, 0.4) is 0 Å². The smallest absolute Gasteiger partial charge is 0.418 e. The van der Waals surface area contributed by atoms with Crippen LogP contribution < -0.4 is 5.32 Å². The molecule has 1 aromatic heterocycles. The molecule has 17 heavy (non-hydrogen) atoms. The highest BCUT2D eigenvalue weighted by Gasteiger charge is 2.33. The number of halogens is 3. The Morgan fingerprint density at radius 2 is 1.94 bits per heavy atom. The predicted molar refractivity (Wildman–Crippen MR) is 54.1 cm³/mol. The highest BCUT2D eigenvalue weighted by molar-refractivity contribution is 5.59. The Morgan fingerprint density at radius 3 is 2.53 bits per heavy atom. The Hall–Kier alpha value is -2.18. The molecule has 0 bridgehead atoms. The first-order valence-electron chi connectivity index (χ1n) is 4.64. The zero-order valence-electron chi connectivity index (χ0n) is 8.44. The molecule has 0 unspecified atom stereocenters. The summed E-state index contributed by atoms with van der Waals surface area (Å²) in [5, 5.41) is 11.6. The quantitative estimate of drug-likeness (QED) is 0.797. The first kappa shape index (κ1) is 11.3. The molecule has 2 aromatic rings. The molecule has 0 fully saturated rings. The fourth-order valence-electron chi connectivity index (χ4n) is 1.35. The van der Waals surface area contributed by atoms with Crippen molar-refractivity contribution in [3.8, 4) is 0 Å². The summed E-state index contributed by atoms with van der Waals surface area (Å²) in [5.74, 6) is -0.0818. The van der Waals surface area contributed by atoms with E-state index in [0.717, 1.165) is 6.07 Å². The molecule has 0 atom stereocenters. The Kier molecular flexibility index (Phi) is 2.66. The van der Waals surface area contributed by atoms with Crippen molar-refractivity contribution in [3.05, 3.63) is 42.2 Å². The number of para-hydroxylation sites is 1. The lowest BCUT2D eigenvalue weighted by Crippen LogP contribution is -2.10. The van der Waals surface area contributed by atoms with Gasteiger partial charge >= 0.3 is 6.18 Å². The van der Waals surface area contributed by atoms with Crippen molar-refractivity contribution in [3.63, 3.8) is 0 Å². The number of rotatable bonds is 2. The third kappa shape index (κ3) is 2.32. The van der Waals surface area contributed by atoms with E-state index in [1.165, 1.54) is 30.6 Å². The van der Waals surface area contributed by atoms with Crippen molar-refractivity contribution in [1.82, 2.24) is 9.71 Å². The number of hydrogen-bond acceptors (Lipinski definition) is 3. The van der Waals surface area contributed by atoms with E-state index in [1.54, 1.807) is 0 Å². The summed E-state index contributed by atoms with van der Waals surface area (Å²) in [5.41, 5.74) is -0.982. The summed E-state index contributed by atoms with van der Waals surface area (Å²) in [4.78, 5) is 3.67. The number of anilines is 2. The minimum atomic E-state index is -4.46. The minimum absolute atomic E-state index is 0.0818. The molecule has 0 saturated heterocycles. The van der Waals surface area contributed by atoms with E-state index in [2.05, 4.69) is 10.3 Å². The summed E-state index contributed by atoms with van der Waals surface area (Å²) in [6, 6.07) is 4.96. The van der Waals surface area contributed by atoms with E-state index in [9.17, 15) is 18.4 Å². The third-order valence-corrected chi connectivity index (χ3v) is 2.10. The van der Waals surface area contributed by atoms with Gasteiger partial charge in [0.05, 0.1) is 23.6 Å². The summed E-state index contributed by atoms with van der Waals surface area (Å²) in [6.07, 6.45) is -1.99. The fraction of sp³-hybridized carbons (Fsp3) is 0.100. The SMILES string of the molecule is On1ccnc1Nc1ccccc1C(F)(F)F. The van der Waals surface area contributed by atoms with E-state index >= 15 is 0 Å². The zero-order chi connectivity index (χ0) is 12.5. The maximum Gasteiger partial charge on any atom is 0.418 e. The van der Waals surface area contributed by atoms with Gasteiger partial charge in [-0.25, -0.2) is 4.98 Å². The molecular formula is C10H8F3N3O. The predicted octanol–water partition coefficient (Wildman–Crippen LogP) is 2.88. The largest absolute Gasteiger partial charge is 0.425 e. The molecule has 0 saturated carbocycles. The van der Waals surface area contributed by atoms with E-state index in [0.29, 0.717) is 4.73 Å². The normalized spacial score (nSPS) is 11.5. The number of benzene rings is 1. The Morgan fingerprint density at radius 1 is 1.24 bits per heavy atom. The van der Waals surface area contributed by atoms with E-state index < -0.39 is 11.7 Å². The van der Waals surface area contributed by atoms with Crippen LogP contribution in [0.2, 0.25) is 0 Å². The monoisotopic (exact) mass is 243 g/mol. The van der Waals surface area contributed by atoms with Crippen LogP contribution in [-0.4, -0.2) is 14.9 Å². The van der Waals surface area contributed by atoms with Gasteiger partial charge in [0.2, 0.25) is 5.95 Å². The molecule has 1 heterocycles. The summed E-state index contributed by atoms with van der Waals surface area (Å²) < 4.78 is 38.5. The molecule has 0 aliphatic carbocycles. The van der Waals surface area contributed by atoms with E-state index in [1.807, 2.05) is 0 Å². The van der Waals surface area contributed by atoms with E-state index in [4.69, 9.17) is 0 Å². The molecule has 2 N–H and O–H groups in total. The van der Waals surface area contributed by atoms with Crippen molar-refractivity contribution < 1.29 is 18.4 Å². The van der Waals surface area contributed by atoms with Gasteiger partial charge in [-0.3, -0.25) is 0 Å². The van der Waals surface area contributed by atoms with Gasteiger partial charge in [0.25, 0.3) is 0 Å². The minimum Gasteiger partial charge on any atom is -0.425 e. The molecule has 0 amide bonds. The number of imidazole rings is 1. The van der Waals surface area contributed by atoms with Crippen LogP contribution in [0.25, 0.3) is 0 Å². The van der Waals surface area contributed by atoms with Crippen molar-refractivity contribution in [2.75, 3.05) is 5.32 Å². The summed E-state index contributed by atoms with van der Waals surface area (Å²) in [7, 11) is 0. The maximum atomic E-state index is 12.6. The van der Waals surface area contributed by atoms with Gasteiger partial charge in [0, 0.05) is 0 Å². The zero-order valence-corrected chi connectivity index (χ0v) is 8.44. The number of hydrogen-bond donors (Lipinski definition) is 2. The molecule has 0 aliphatic rings. The standard InChI is InChI=1S/C10H8F3N3O/c11-10(12,13)7-3-1-2-4-8(7)15-9-14-5-6-16(9)17/h1-6,17H,(H,14,15). The number of aromatic nitrogens is 2. The second kappa shape index (κ2) is 4.00. The van der Waals surface area contributed by atoms with Crippen molar-refractivity contribution in [1.29, 1.82) is 0 Å². The van der Waals surface area contributed by atoms with Gasteiger partial charge in [0.1, 0.15) is 0 Å². The Bertz CT molecular complexity index is 522. The Balaban J connectivity index is 2.37. The maximum absolute atomic E-state index is 12.6. The van der Waals surface area contributed by atoms with Gasteiger partial charge < -0.3 is 10.5 Å². The summed E-state index contributed by atoms with van der Waals surface area (Å²) in [6.45, 7) is 0. The number of nitrogens with zero attached hydrogens (tertiary/aromatic N) is 2. The Labute approximate surface area is 94.3 Å². The lowest BCUT2D eigenvalue weighted by Gasteiger charge is -2.13. The van der Waals surface area contributed by atoms with E-state index in [-0.39, 0.29) is 11.6 Å². The number of alkyl halides is 3. The van der Waals surface area contributed by atoms with Crippen molar-refractivity contribution >= 4 is 11.6 Å². The summed E-state index contributed by atoms with van der Waals surface area (Å²) >= 11 is 0. The second-order valence-corrected chi connectivity index (χ2v) is 3.26. The third-order valence-electron chi connectivity index (χ3n) is 2.10. The average Bonchev–Trinajstić information content (AvgIpc) is 2.64. The van der Waals surface area contributed by atoms with Crippen molar-refractivity contribution in [2.45, 2.75) is 6.18 Å². The van der Waals surface area contributed by atoms with Gasteiger partial charge in [-0.15, -0.1) is 0 Å². The van der Waals surface area contributed by atoms with Crippen LogP contribution >= 0.6 is 0 Å². The van der Waals surface area contributed by atoms with Gasteiger partial charge in [-0.1, -0.05) is 12.1 Å². The molecular weight excluding hydrogens is 235 g/mol. The van der Waals surface area contributed by atoms with Gasteiger partial charge in [0.15, 0.2) is 0 Å².